The highest BCUT2D eigenvalue weighted by Gasteiger charge is 2.41. The minimum absolute atomic E-state index is 0.112. The molecule has 0 spiro atoms. The van der Waals surface area contributed by atoms with Gasteiger partial charge < -0.3 is 9.80 Å². The lowest BCUT2D eigenvalue weighted by atomic mass is 10.00. The number of rotatable bonds is 5. The van der Waals surface area contributed by atoms with Gasteiger partial charge in [-0.3, -0.25) is 9.89 Å². The molecule has 2 unspecified atom stereocenters. The second-order valence-corrected chi connectivity index (χ2v) is 9.40. The molecule has 5 nitrogen and oxygen atoms in total. The molecule has 35 heavy (non-hydrogen) atoms. The van der Waals surface area contributed by atoms with Gasteiger partial charge in [0.1, 0.15) is 11.6 Å². The molecule has 1 aliphatic carbocycles. The standard InChI is InChI=1S/C28H24F2N4O/c1-33-15-22-12-24(33)13-27(22)34(28(35)17-2-6-23(29)7-3-17)16-21-11-18(4-8-25(21)30)19-5-9-26-20(10-19)14-31-32-26/h2-11,14-15,24,27H,12-13,16H2,1H3,(H,31,32). The Hall–Kier alpha value is -4.00. The van der Waals surface area contributed by atoms with E-state index in [1.165, 1.54) is 35.9 Å². The number of hydrogen-bond donors (Lipinski definition) is 1. The molecule has 2 atom stereocenters. The van der Waals surface area contributed by atoms with Crippen LogP contribution in [0.3, 0.4) is 0 Å². The Balaban J connectivity index is 1.37. The van der Waals surface area contributed by atoms with Crippen LogP contribution < -0.4 is 0 Å². The third-order valence-electron chi connectivity index (χ3n) is 7.23. The molecule has 4 aromatic rings. The van der Waals surface area contributed by atoms with Gasteiger partial charge in [-0.15, -0.1) is 0 Å². The molecule has 1 aromatic heterocycles. The van der Waals surface area contributed by atoms with E-state index in [9.17, 15) is 9.18 Å². The molecule has 1 saturated carbocycles. The zero-order chi connectivity index (χ0) is 24.1. The molecule has 0 saturated heterocycles. The Kier molecular flexibility index (Phi) is 5.13. The molecule has 1 aliphatic heterocycles. The lowest BCUT2D eigenvalue weighted by Crippen LogP contribution is -2.42. The zero-order valence-electron chi connectivity index (χ0n) is 19.2. The number of carbonyl (C=O) groups excluding carboxylic acids is 1. The highest BCUT2D eigenvalue weighted by atomic mass is 19.1. The van der Waals surface area contributed by atoms with Crippen LogP contribution in [0.4, 0.5) is 8.78 Å². The Bertz CT molecular complexity index is 1460. The molecule has 7 heteroatoms. The van der Waals surface area contributed by atoms with E-state index in [-0.39, 0.29) is 24.3 Å². The van der Waals surface area contributed by atoms with Crippen LogP contribution in [0, 0.1) is 11.6 Å². The summed E-state index contributed by atoms with van der Waals surface area (Å²) in [6, 6.07) is 16.7. The summed E-state index contributed by atoms with van der Waals surface area (Å²) < 4.78 is 28.6. The summed E-state index contributed by atoms with van der Waals surface area (Å²) in [4.78, 5) is 17.5. The lowest BCUT2D eigenvalue weighted by Gasteiger charge is -2.34. The van der Waals surface area contributed by atoms with Crippen LogP contribution in [-0.2, 0) is 6.54 Å². The minimum atomic E-state index is -0.398. The van der Waals surface area contributed by atoms with Crippen molar-refractivity contribution in [2.24, 2.45) is 0 Å². The van der Waals surface area contributed by atoms with Crippen molar-refractivity contribution in [1.29, 1.82) is 0 Å². The van der Waals surface area contributed by atoms with Gasteiger partial charge in [-0.25, -0.2) is 8.78 Å². The smallest absolute Gasteiger partial charge is 0.254 e. The number of nitrogens with one attached hydrogen (secondary N) is 1. The van der Waals surface area contributed by atoms with Crippen LogP contribution in [0.1, 0.15) is 28.8 Å². The Morgan fingerprint density at radius 2 is 1.86 bits per heavy atom. The van der Waals surface area contributed by atoms with Crippen LogP contribution >= 0.6 is 0 Å². The number of benzene rings is 3. The Labute approximate surface area is 201 Å². The van der Waals surface area contributed by atoms with E-state index < -0.39 is 5.82 Å². The summed E-state index contributed by atoms with van der Waals surface area (Å²) >= 11 is 0. The van der Waals surface area contributed by atoms with Gasteiger partial charge in [-0.05, 0) is 78.1 Å². The van der Waals surface area contributed by atoms with Crippen molar-refractivity contribution in [2.75, 3.05) is 7.05 Å². The topological polar surface area (TPSA) is 52.2 Å². The van der Waals surface area contributed by atoms with Crippen LogP contribution in [-0.4, -0.2) is 45.0 Å². The number of fused-ring (bicyclic) bond motifs is 3. The van der Waals surface area contributed by atoms with Crippen LogP contribution in [0.15, 0.2) is 78.6 Å². The molecule has 2 heterocycles. The van der Waals surface area contributed by atoms with Crippen molar-refractivity contribution in [3.8, 4) is 11.1 Å². The van der Waals surface area contributed by atoms with Gasteiger partial charge in [0.25, 0.3) is 5.91 Å². The highest BCUT2D eigenvalue weighted by molar-refractivity contribution is 5.94. The molecular formula is C28H24F2N4O. The normalized spacial score (nSPS) is 18.8. The van der Waals surface area contributed by atoms with Gasteiger partial charge in [0.2, 0.25) is 0 Å². The van der Waals surface area contributed by atoms with Gasteiger partial charge in [-0.1, -0.05) is 12.1 Å². The first kappa shape index (κ1) is 21.5. The first-order valence-electron chi connectivity index (χ1n) is 11.7. The Morgan fingerprint density at radius 3 is 2.60 bits per heavy atom. The number of H-pyrrole nitrogens is 1. The number of aromatic nitrogens is 2. The van der Waals surface area contributed by atoms with Gasteiger partial charge in [-0.2, -0.15) is 5.10 Å². The highest BCUT2D eigenvalue weighted by Crippen LogP contribution is 2.39. The first-order valence-corrected chi connectivity index (χ1v) is 11.7. The van der Waals surface area contributed by atoms with E-state index in [0.29, 0.717) is 17.2 Å². The van der Waals surface area contributed by atoms with Crippen molar-refractivity contribution in [2.45, 2.75) is 31.5 Å². The summed E-state index contributed by atoms with van der Waals surface area (Å²) in [7, 11) is 2.04. The van der Waals surface area contributed by atoms with E-state index in [0.717, 1.165) is 34.9 Å². The summed E-state index contributed by atoms with van der Waals surface area (Å²) in [6.07, 6.45) is 5.55. The maximum atomic E-state index is 15.1. The van der Waals surface area contributed by atoms with Crippen molar-refractivity contribution in [3.63, 3.8) is 0 Å². The monoisotopic (exact) mass is 470 g/mol. The molecule has 1 fully saturated rings. The van der Waals surface area contributed by atoms with Crippen LogP contribution in [0.25, 0.3) is 22.0 Å². The lowest BCUT2D eigenvalue weighted by molar-refractivity contribution is 0.0675. The molecule has 6 rings (SSSR count). The predicted octanol–water partition coefficient (Wildman–Crippen LogP) is 5.51. The second-order valence-electron chi connectivity index (χ2n) is 9.40. The number of hydrogen-bond acceptors (Lipinski definition) is 3. The van der Waals surface area contributed by atoms with Gasteiger partial charge in [0.05, 0.1) is 17.8 Å². The minimum Gasteiger partial charge on any atom is -0.377 e. The SMILES string of the molecule is CN1C=C2CC1CC2N(Cc1cc(-c2ccc3[nH]ncc3c2)ccc1F)C(=O)c1ccc(F)cc1. The van der Waals surface area contributed by atoms with Gasteiger partial charge >= 0.3 is 0 Å². The van der Waals surface area contributed by atoms with E-state index in [2.05, 4.69) is 21.3 Å². The average molecular weight is 471 g/mol. The average Bonchev–Trinajstić information content (AvgIpc) is 3.58. The number of halogens is 2. The maximum Gasteiger partial charge on any atom is 0.254 e. The third-order valence-corrected chi connectivity index (χ3v) is 7.23. The fraction of sp³-hybridized carbons (Fsp3) is 0.214. The van der Waals surface area contributed by atoms with Crippen LogP contribution in [0.2, 0.25) is 0 Å². The summed E-state index contributed by atoms with van der Waals surface area (Å²) in [5, 5.41) is 7.98. The number of carbonyl (C=O) groups is 1. The molecular weight excluding hydrogens is 446 g/mol. The fourth-order valence-electron chi connectivity index (χ4n) is 5.31. The third kappa shape index (κ3) is 3.87. The number of amides is 1. The van der Waals surface area contributed by atoms with Crippen molar-refractivity contribution in [1.82, 2.24) is 20.0 Å². The van der Waals surface area contributed by atoms with E-state index in [1.54, 1.807) is 17.2 Å². The predicted molar refractivity (Wildman–Crippen MR) is 130 cm³/mol. The van der Waals surface area contributed by atoms with Crippen molar-refractivity contribution >= 4 is 16.8 Å². The molecule has 1 N–H and O–H groups in total. The van der Waals surface area contributed by atoms with Crippen LogP contribution in [0.5, 0.6) is 0 Å². The second kappa shape index (κ2) is 8.34. The van der Waals surface area contributed by atoms with Crippen molar-refractivity contribution < 1.29 is 13.6 Å². The maximum absolute atomic E-state index is 15.1. The summed E-state index contributed by atoms with van der Waals surface area (Å²) in [6.45, 7) is 0.127. The summed E-state index contributed by atoms with van der Waals surface area (Å²) in [5.41, 5.74) is 4.76. The zero-order valence-corrected chi connectivity index (χ0v) is 19.2. The largest absolute Gasteiger partial charge is 0.377 e. The fourth-order valence-corrected chi connectivity index (χ4v) is 5.31. The number of aromatic amines is 1. The van der Waals surface area contributed by atoms with Gasteiger partial charge in [0, 0.05) is 42.3 Å². The molecule has 2 bridgehead atoms. The molecule has 2 aliphatic rings. The molecule has 176 valence electrons. The van der Waals surface area contributed by atoms with E-state index >= 15 is 4.39 Å². The quantitative estimate of drug-likeness (QED) is 0.418. The first-order chi connectivity index (χ1) is 17.0. The summed E-state index contributed by atoms with van der Waals surface area (Å²) in [5.74, 6) is -0.981. The molecule has 3 aromatic carbocycles. The van der Waals surface area contributed by atoms with Crippen molar-refractivity contribution in [3.05, 3.63) is 101 Å². The Morgan fingerprint density at radius 1 is 1.09 bits per heavy atom. The molecule has 0 radical (unpaired) electrons. The molecule has 1 amide bonds. The van der Waals surface area contributed by atoms with E-state index in [4.69, 9.17) is 0 Å². The van der Waals surface area contributed by atoms with Gasteiger partial charge in [0.15, 0.2) is 0 Å². The van der Waals surface area contributed by atoms with E-state index in [1.807, 2.05) is 31.3 Å². The number of nitrogens with zero attached hydrogens (tertiary/aromatic N) is 3.